The summed E-state index contributed by atoms with van der Waals surface area (Å²) in [5.74, 6) is -0.598. The lowest BCUT2D eigenvalue weighted by Crippen LogP contribution is -2.31. The van der Waals surface area contributed by atoms with E-state index in [-0.39, 0.29) is 17.5 Å². The molecule has 2 heterocycles. The average molecular weight is 427 g/mol. The van der Waals surface area contributed by atoms with Gasteiger partial charge < -0.3 is 14.8 Å². The van der Waals surface area contributed by atoms with Gasteiger partial charge in [0.1, 0.15) is 11.3 Å². The van der Waals surface area contributed by atoms with Gasteiger partial charge in [-0.25, -0.2) is 9.78 Å². The van der Waals surface area contributed by atoms with Crippen LogP contribution in [0.5, 0.6) is 11.6 Å². The minimum absolute atomic E-state index is 0.0787. The molecule has 2 aromatic heterocycles. The van der Waals surface area contributed by atoms with Crippen molar-refractivity contribution in [2.75, 3.05) is 6.61 Å². The molecule has 0 aliphatic carbocycles. The summed E-state index contributed by atoms with van der Waals surface area (Å²) >= 11 is 0. The molecule has 4 aromatic rings. The van der Waals surface area contributed by atoms with Crippen LogP contribution in [0.3, 0.4) is 0 Å². The third kappa shape index (κ3) is 4.89. The molecule has 0 fully saturated rings. The zero-order valence-corrected chi connectivity index (χ0v) is 17.4. The fourth-order valence-electron chi connectivity index (χ4n) is 3.34. The van der Waals surface area contributed by atoms with Crippen molar-refractivity contribution in [3.63, 3.8) is 0 Å². The third-order valence-corrected chi connectivity index (χ3v) is 4.84. The smallest absolute Gasteiger partial charge is 0.344 e. The Kier molecular flexibility index (Phi) is 6.36. The van der Waals surface area contributed by atoms with Crippen LogP contribution in [0.15, 0.2) is 85.3 Å². The number of amides is 1. The average Bonchev–Trinajstić information content (AvgIpc) is 2.83. The Hall–Kier alpha value is -4.26. The fourth-order valence-corrected chi connectivity index (χ4v) is 3.34. The monoisotopic (exact) mass is 427 g/mol. The van der Waals surface area contributed by atoms with Crippen molar-refractivity contribution in [2.45, 2.75) is 13.0 Å². The van der Waals surface area contributed by atoms with Gasteiger partial charge in [0.15, 0.2) is 6.61 Å². The van der Waals surface area contributed by atoms with Gasteiger partial charge >= 0.3 is 5.97 Å². The van der Waals surface area contributed by atoms with Crippen molar-refractivity contribution >= 4 is 22.6 Å². The van der Waals surface area contributed by atoms with Gasteiger partial charge in [-0.3, -0.25) is 9.78 Å². The Morgan fingerprint density at radius 2 is 1.78 bits per heavy atom. The number of nitrogens with one attached hydrogen (secondary N) is 1. The van der Waals surface area contributed by atoms with Gasteiger partial charge in [0.25, 0.3) is 5.91 Å². The van der Waals surface area contributed by atoms with Gasteiger partial charge in [0.2, 0.25) is 5.88 Å². The summed E-state index contributed by atoms with van der Waals surface area (Å²) in [6, 6.07) is 20.2. The van der Waals surface area contributed by atoms with Crippen LogP contribution < -0.4 is 10.1 Å². The molecule has 1 unspecified atom stereocenters. The molecule has 0 spiro atoms. The first-order chi connectivity index (χ1) is 15.6. The van der Waals surface area contributed by atoms with E-state index < -0.39 is 18.5 Å². The lowest BCUT2D eigenvalue weighted by molar-refractivity contribution is -0.124. The van der Waals surface area contributed by atoms with Crippen molar-refractivity contribution < 1.29 is 19.1 Å². The molecule has 7 heteroatoms. The molecule has 0 bridgehead atoms. The highest BCUT2D eigenvalue weighted by Gasteiger charge is 2.18. The maximum absolute atomic E-state index is 12.6. The number of carbonyl (C=O) groups excluding carboxylic acids is 2. The SMILES string of the molecule is CC(NC(=O)COC(=O)c1cccnc1Oc1cccnc1)c1cccc2ccccc12. The summed E-state index contributed by atoms with van der Waals surface area (Å²) in [5.41, 5.74) is 1.11. The third-order valence-electron chi connectivity index (χ3n) is 4.84. The van der Waals surface area contributed by atoms with E-state index in [0.717, 1.165) is 16.3 Å². The molecular weight excluding hydrogens is 406 g/mol. The maximum Gasteiger partial charge on any atom is 0.344 e. The quantitative estimate of drug-likeness (QED) is 0.438. The molecule has 0 aliphatic rings. The van der Waals surface area contributed by atoms with Crippen LogP contribution in [0.4, 0.5) is 0 Å². The largest absolute Gasteiger partial charge is 0.452 e. The molecule has 7 nitrogen and oxygen atoms in total. The highest BCUT2D eigenvalue weighted by atomic mass is 16.5. The first-order valence-corrected chi connectivity index (χ1v) is 10.1. The summed E-state index contributed by atoms with van der Waals surface area (Å²) in [6.07, 6.45) is 4.62. The lowest BCUT2D eigenvalue weighted by atomic mass is 10.00. The van der Waals surface area contributed by atoms with Gasteiger partial charge in [0, 0.05) is 12.4 Å². The Balaban J connectivity index is 1.39. The van der Waals surface area contributed by atoms with E-state index in [0.29, 0.717) is 5.75 Å². The molecule has 1 amide bonds. The molecule has 4 rings (SSSR count). The number of rotatable bonds is 7. The molecule has 160 valence electrons. The molecule has 32 heavy (non-hydrogen) atoms. The number of nitrogens with zero attached hydrogens (tertiary/aromatic N) is 2. The van der Waals surface area contributed by atoms with Gasteiger partial charge in [-0.2, -0.15) is 0 Å². The van der Waals surface area contributed by atoms with Gasteiger partial charge in [-0.05, 0) is 47.5 Å². The highest BCUT2D eigenvalue weighted by Crippen LogP contribution is 2.24. The van der Waals surface area contributed by atoms with E-state index in [4.69, 9.17) is 9.47 Å². The Labute approximate surface area is 185 Å². The van der Waals surface area contributed by atoms with Crippen molar-refractivity contribution in [1.29, 1.82) is 0 Å². The summed E-state index contributed by atoms with van der Waals surface area (Å²) in [5, 5.41) is 5.03. The van der Waals surface area contributed by atoms with E-state index in [2.05, 4.69) is 15.3 Å². The zero-order chi connectivity index (χ0) is 22.3. The van der Waals surface area contributed by atoms with Crippen LogP contribution in [-0.4, -0.2) is 28.5 Å². The maximum atomic E-state index is 12.6. The topological polar surface area (TPSA) is 90.4 Å². The predicted octanol–water partition coefficient (Wildman–Crippen LogP) is 4.46. The van der Waals surface area contributed by atoms with Gasteiger partial charge in [-0.1, -0.05) is 42.5 Å². The van der Waals surface area contributed by atoms with E-state index in [1.807, 2.05) is 49.4 Å². The Bertz CT molecular complexity index is 1240. The number of fused-ring (bicyclic) bond motifs is 1. The van der Waals surface area contributed by atoms with Crippen LogP contribution in [-0.2, 0) is 9.53 Å². The van der Waals surface area contributed by atoms with E-state index in [1.54, 1.807) is 24.4 Å². The van der Waals surface area contributed by atoms with Crippen LogP contribution >= 0.6 is 0 Å². The number of esters is 1. The fraction of sp³-hybridized carbons (Fsp3) is 0.120. The number of hydrogen-bond donors (Lipinski definition) is 1. The second kappa shape index (κ2) is 9.70. The second-order valence-corrected chi connectivity index (χ2v) is 7.08. The second-order valence-electron chi connectivity index (χ2n) is 7.08. The van der Waals surface area contributed by atoms with Crippen LogP contribution in [0, 0.1) is 0 Å². The van der Waals surface area contributed by atoms with Crippen molar-refractivity contribution in [3.05, 3.63) is 96.4 Å². The van der Waals surface area contributed by atoms with E-state index >= 15 is 0 Å². The zero-order valence-electron chi connectivity index (χ0n) is 17.4. The minimum Gasteiger partial charge on any atom is -0.452 e. The molecule has 0 radical (unpaired) electrons. The predicted molar refractivity (Wildman–Crippen MR) is 119 cm³/mol. The number of hydrogen-bond acceptors (Lipinski definition) is 6. The van der Waals surface area contributed by atoms with Crippen molar-refractivity contribution in [3.8, 4) is 11.6 Å². The van der Waals surface area contributed by atoms with Gasteiger partial charge in [-0.15, -0.1) is 0 Å². The summed E-state index contributed by atoms with van der Waals surface area (Å²) in [4.78, 5) is 33.0. The molecule has 2 aromatic carbocycles. The van der Waals surface area contributed by atoms with Crippen molar-refractivity contribution in [2.24, 2.45) is 0 Å². The molecule has 1 atom stereocenters. The first kappa shape index (κ1) is 21.0. The number of ether oxygens (including phenoxy) is 2. The van der Waals surface area contributed by atoms with E-state index in [1.165, 1.54) is 18.5 Å². The summed E-state index contributed by atoms with van der Waals surface area (Å²) in [6.45, 7) is 1.47. The summed E-state index contributed by atoms with van der Waals surface area (Å²) in [7, 11) is 0. The standard InChI is InChI=1S/C25H21N3O4/c1-17(20-11-4-8-18-7-2-3-10-21(18)20)28-23(29)16-31-25(30)22-12-6-14-27-24(22)32-19-9-5-13-26-15-19/h2-15,17H,16H2,1H3,(H,28,29). The highest BCUT2D eigenvalue weighted by molar-refractivity contribution is 5.93. The number of carbonyl (C=O) groups is 2. The summed E-state index contributed by atoms with van der Waals surface area (Å²) < 4.78 is 10.8. The molecule has 0 saturated carbocycles. The number of aromatic nitrogens is 2. The molecular formula is C25H21N3O4. The van der Waals surface area contributed by atoms with E-state index in [9.17, 15) is 9.59 Å². The number of benzene rings is 2. The molecule has 0 aliphatic heterocycles. The first-order valence-electron chi connectivity index (χ1n) is 10.1. The van der Waals surface area contributed by atoms with Crippen LogP contribution in [0.25, 0.3) is 10.8 Å². The van der Waals surface area contributed by atoms with Gasteiger partial charge in [0.05, 0.1) is 12.2 Å². The van der Waals surface area contributed by atoms with Crippen LogP contribution in [0.2, 0.25) is 0 Å². The van der Waals surface area contributed by atoms with Crippen molar-refractivity contribution in [1.82, 2.24) is 15.3 Å². The Morgan fingerprint density at radius 3 is 2.62 bits per heavy atom. The molecule has 1 N–H and O–H groups in total. The lowest BCUT2D eigenvalue weighted by Gasteiger charge is -2.17. The molecule has 0 saturated heterocycles. The Morgan fingerprint density at radius 1 is 0.969 bits per heavy atom. The number of pyridine rings is 2. The normalized spacial score (nSPS) is 11.5. The van der Waals surface area contributed by atoms with Crippen LogP contribution in [0.1, 0.15) is 28.9 Å². The minimum atomic E-state index is -0.704.